The molecule has 2 fully saturated rings. The van der Waals surface area contributed by atoms with Crippen LogP contribution in [-0.4, -0.2) is 22.4 Å². The zero-order chi connectivity index (χ0) is 16.8. The molecule has 0 saturated heterocycles. The lowest BCUT2D eigenvalue weighted by Gasteiger charge is -2.22. The van der Waals surface area contributed by atoms with Gasteiger partial charge in [0, 0.05) is 30.3 Å². The molecular weight excluding hydrogens is 298 g/mol. The molecule has 1 aromatic heterocycles. The van der Waals surface area contributed by atoms with Gasteiger partial charge in [-0.1, -0.05) is 44.2 Å². The molecule has 2 saturated carbocycles. The van der Waals surface area contributed by atoms with Crippen LogP contribution >= 0.6 is 0 Å². The van der Waals surface area contributed by atoms with Gasteiger partial charge < -0.3 is 5.32 Å². The Morgan fingerprint density at radius 2 is 1.79 bits per heavy atom. The van der Waals surface area contributed by atoms with Crippen molar-refractivity contribution >= 4 is 5.91 Å². The zero-order valence-corrected chi connectivity index (χ0v) is 14.2. The largest absolute Gasteiger partial charge is 0.351 e. The van der Waals surface area contributed by atoms with E-state index in [1.54, 1.807) is 12.4 Å². The number of aromatic nitrogens is 2. The van der Waals surface area contributed by atoms with Crippen molar-refractivity contribution in [2.45, 2.75) is 44.4 Å². The van der Waals surface area contributed by atoms with Gasteiger partial charge >= 0.3 is 0 Å². The van der Waals surface area contributed by atoms with Crippen molar-refractivity contribution in [1.82, 2.24) is 15.3 Å². The Morgan fingerprint density at radius 1 is 1.17 bits per heavy atom. The normalized spacial score (nSPS) is 24.4. The maximum absolute atomic E-state index is 12.5. The quantitative estimate of drug-likeness (QED) is 0.917. The molecule has 1 heterocycles. The van der Waals surface area contributed by atoms with E-state index in [0.29, 0.717) is 18.0 Å². The van der Waals surface area contributed by atoms with E-state index in [1.807, 2.05) is 6.07 Å². The van der Waals surface area contributed by atoms with Crippen LogP contribution in [0.1, 0.15) is 60.8 Å². The van der Waals surface area contributed by atoms with Crippen LogP contribution in [0.5, 0.6) is 0 Å². The third-order valence-corrected chi connectivity index (χ3v) is 5.67. The van der Waals surface area contributed by atoms with Gasteiger partial charge in [-0.05, 0) is 30.2 Å². The molecule has 0 radical (unpaired) electrons. The van der Waals surface area contributed by atoms with Crippen LogP contribution in [0.25, 0.3) is 0 Å². The second-order valence-electron chi connectivity index (χ2n) is 7.80. The van der Waals surface area contributed by atoms with Gasteiger partial charge in [0.05, 0.1) is 5.56 Å². The van der Waals surface area contributed by atoms with Gasteiger partial charge in [0.1, 0.15) is 5.82 Å². The highest BCUT2D eigenvalue weighted by Gasteiger charge is 2.61. The fraction of sp³-hybridized carbons (Fsp3) is 0.450. The van der Waals surface area contributed by atoms with Crippen LogP contribution in [0.2, 0.25) is 0 Å². The minimum atomic E-state index is -0.0876. The highest BCUT2D eigenvalue weighted by Crippen LogP contribution is 2.63. The number of carbonyl (C=O) groups excluding carboxylic acids is 1. The first-order chi connectivity index (χ1) is 11.5. The van der Waals surface area contributed by atoms with Crippen molar-refractivity contribution in [2.24, 2.45) is 5.41 Å². The molecule has 0 unspecified atom stereocenters. The van der Waals surface area contributed by atoms with Crippen LogP contribution in [0.15, 0.2) is 42.7 Å². The van der Waals surface area contributed by atoms with Crippen LogP contribution in [-0.2, 0) is 5.41 Å². The summed E-state index contributed by atoms with van der Waals surface area (Å²) in [7, 11) is 0. The monoisotopic (exact) mass is 321 g/mol. The third-order valence-electron chi connectivity index (χ3n) is 5.67. The Balaban J connectivity index is 1.46. The van der Waals surface area contributed by atoms with Crippen molar-refractivity contribution in [3.63, 3.8) is 0 Å². The Hall–Kier alpha value is -2.23. The molecule has 1 amide bonds. The summed E-state index contributed by atoms with van der Waals surface area (Å²) in [5.41, 5.74) is 2.07. The summed E-state index contributed by atoms with van der Waals surface area (Å²) in [6.45, 7) is 5.17. The molecule has 1 aromatic carbocycles. The molecular formula is C20H23N3O. The van der Waals surface area contributed by atoms with Gasteiger partial charge in [0.25, 0.3) is 5.91 Å². The van der Waals surface area contributed by atoms with E-state index in [-0.39, 0.29) is 16.7 Å². The number of rotatable bonds is 5. The van der Waals surface area contributed by atoms with Crippen molar-refractivity contribution in [3.8, 4) is 0 Å². The number of carbonyl (C=O) groups is 1. The Kier molecular flexibility index (Phi) is 3.44. The van der Waals surface area contributed by atoms with Gasteiger partial charge in [-0.2, -0.15) is 0 Å². The van der Waals surface area contributed by atoms with E-state index in [9.17, 15) is 4.79 Å². The van der Waals surface area contributed by atoms with Gasteiger partial charge in [-0.3, -0.25) is 4.79 Å². The minimum Gasteiger partial charge on any atom is -0.351 e. The molecule has 24 heavy (non-hydrogen) atoms. The van der Waals surface area contributed by atoms with Gasteiger partial charge in [-0.15, -0.1) is 0 Å². The molecule has 2 aliphatic rings. The molecule has 4 nitrogen and oxygen atoms in total. The van der Waals surface area contributed by atoms with E-state index in [4.69, 9.17) is 0 Å². The molecule has 0 aliphatic heterocycles. The van der Waals surface area contributed by atoms with E-state index >= 15 is 0 Å². The fourth-order valence-electron chi connectivity index (χ4n) is 3.70. The molecule has 2 aromatic rings. The van der Waals surface area contributed by atoms with Gasteiger partial charge in [0.2, 0.25) is 0 Å². The predicted octanol–water partition coefficient (Wildman–Crippen LogP) is 3.45. The molecule has 0 spiro atoms. The summed E-state index contributed by atoms with van der Waals surface area (Å²) in [6.07, 6.45) is 6.73. The molecule has 124 valence electrons. The first kappa shape index (κ1) is 15.3. The molecule has 2 aliphatic carbocycles. The second kappa shape index (κ2) is 5.40. The summed E-state index contributed by atoms with van der Waals surface area (Å²) in [5, 5.41) is 3.10. The van der Waals surface area contributed by atoms with Gasteiger partial charge in [-0.25, -0.2) is 9.97 Å². The lowest BCUT2D eigenvalue weighted by molar-refractivity contribution is 0.0947. The van der Waals surface area contributed by atoms with Gasteiger partial charge in [0.15, 0.2) is 0 Å². The maximum atomic E-state index is 12.5. The number of benzene rings is 1. The number of nitrogens with zero attached hydrogens (tertiary/aromatic N) is 2. The number of hydrogen-bond acceptors (Lipinski definition) is 3. The zero-order valence-electron chi connectivity index (χ0n) is 14.2. The van der Waals surface area contributed by atoms with Crippen molar-refractivity contribution in [2.75, 3.05) is 6.54 Å². The average molecular weight is 321 g/mol. The Labute approximate surface area is 142 Å². The third kappa shape index (κ3) is 2.60. The van der Waals surface area contributed by atoms with Crippen LogP contribution < -0.4 is 5.32 Å². The van der Waals surface area contributed by atoms with Crippen molar-refractivity contribution < 1.29 is 4.79 Å². The van der Waals surface area contributed by atoms with Crippen LogP contribution in [0, 0.1) is 5.41 Å². The summed E-state index contributed by atoms with van der Waals surface area (Å²) in [4.78, 5) is 21.1. The predicted molar refractivity (Wildman–Crippen MR) is 92.9 cm³/mol. The Bertz CT molecular complexity index is 750. The molecule has 1 N–H and O–H groups in total. The first-order valence-electron chi connectivity index (χ1n) is 8.68. The van der Waals surface area contributed by atoms with Crippen molar-refractivity contribution in [1.29, 1.82) is 0 Å². The summed E-state index contributed by atoms with van der Waals surface area (Å²) in [6, 6.07) is 10.5. The average Bonchev–Trinajstić information content (AvgIpc) is 3.51. The lowest BCUT2D eigenvalue weighted by atomic mass is 9.88. The van der Waals surface area contributed by atoms with E-state index in [0.717, 1.165) is 12.2 Å². The number of hydrogen-bond donors (Lipinski definition) is 1. The fourth-order valence-corrected chi connectivity index (χ4v) is 3.70. The highest BCUT2D eigenvalue weighted by molar-refractivity contribution is 5.93. The smallest absolute Gasteiger partial charge is 0.254 e. The molecule has 0 bridgehead atoms. The second-order valence-corrected chi connectivity index (χ2v) is 7.80. The summed E-state index contributed by atoms with van der Waals surface area (Å²) < 4.78 is 0. The molecule has 4 rings (SSSR count). The standard InChI is InChI=1S/C20H23N3O/c1-19(2)12-20(19,16-6-4-3-5-7-16)13-23-18(24)15-10-21-17(22-11-15)14-8-9-14/h3-7,10-11,14H,8-9,12-13H2,1-2H3,(H,23,24)/t20-/m1/s1. The highest BCUT2D eigenvalue weighted by atomic mass is 16.1. The molecule has 4 heteroatoms. The van der Waals surface area contributed by atoms with E-state index in [1.165, 1.54) is 18.4 Å². The van der Waals surface area contributed by atoms with E-state index in [2.05, 4.69) is 53.4 Å². The molecule has 1 atom stereocenters. The summed E-state index contributed by atoms with van der Waals surface area (Å²) >= 11 is 0. The topological polar surface area (TPSA) is 54.9 Å². The Morgan fingerprint density at radius 3 is 2.33 bits per heavy atom. The lowest BCUT2D eigenvalue weighted by Crippen LogP contribution is -2.35. The number of nitrogens with one attached hydrogen (secondary N) is 1. The van der Waals surface area contributed by atoms with Crippen LogP contribution in [0.4, 0.5) is 0 Å². The summed E-state index contributed by atoms with van der Waals surface area (Å²) in [5.74, 6) is 1.29. The number of amides is 1. The van der Waals surface area contributed by atoms with Crippen LogP contribution in [0.3, 0.4) is 0 Å². The maximum Gasteiger partial charge on any atom is 0.254 e. The SMILES string of the molecule is CC1(C)C[C@@]1(CNC(=O)c1cnc(C2CC2)nc1)c1ccccc1. The van der Waals surface area contributed by atoms with Crippen molar-refractivity contribution in [3.05, 3.63) is 59.7 Å². The van der Waals surface area contributed by atoms with E-state index < -0.39 is 0 Å². The minimum absolute atomic E-state index is 0.0265. The first-order valence-corrected chi connectivity index (χ1v) is 8.68.